The monoisotopic (exact) mass is 335 g/mol. The van der Waals surface area contributed by atoms with E-state index in [0.717, 1.165) is 24.2 Å². The Hall–Kier alpha value is -2.24. The molecule has 132 valence electrons. The summed E-state index contributed by atoms with van der Waals surface area (Å²) in [6, 6.07) is 6.80. The minimum atomic E-state index is -1.06. The molecule has 1 aromatic rings. The number of hydrogen-bond donors (Lipinski definition) is 2. The van der Waals surface area contributed by atoms with Gasteiger partial charge in [-0.3, -0.25) is 0 Å². The molecule has 1 amide bonds. The Morgan fingerprint density at radius 3 is 2.75 bits per heavy atom. The Kier molecular flexibility index (Phi) is 5.70. The van der Waals surface area contributed by atoms with Crippen LogP contribution < -0.4 is 10.1 Å². The normalized spacial score (nSPS) is 18.5. The summed E-state index contributed by atoms with van der Waals surface area (Å²) < 4.78 is 10.9. The van der Waals surface area contributed by atoms with Crippen LogP contribution in [0.3, 0.4) is 0 Å². The van der Waals surface area contributed by atoms with Gasteiger partial charge in [0.15, 0.2) is 0 Å². The van der Waals surface area contributed by atoms with Crippen LogP contribution >= 0.6 is 0 Å². The summed E-state index contributed by atoms with van der Waals surface area (Å²) >= 11 is 0. The van der Waals surface area contributed by atoms with E-state index >= 15 is 0 Å². The molecule has 0 saturated carbocycles. The van der Waals surface area contributed by atoms with Gasteiger partial charge in [0, 0.05) is 0 Å². The van der Waals surface area contributed by atoms with Crippen LogP contribution in [-0.2, 0) is 16.0 Å². The summed E-state index contributed by atoms with van der Waals surface area (Å²) in [6.45, 7) is 5.76. The van der Waals surface area contributed by atoms with Crippen LogP contribution in [0.4, 0.5) is 4.79 Å². The predicted molar refractivity (Wildman–Crippen MR) is 89.2 cm³/mol. The van der Waals surface area contributed by atoms with Crippen LogP contribution in [0.5, 0.6) is 5.75 Å². The summed E-state index contributed by atoms with van der Waals surface area (Å²) in [7, 11) is 0. The number of carboxylic acids is 1. The van der Waals surface area contributed by atoms with E-state index < -0.39 is 23.7 Å². The summed E-state index contributed by atoms with van der Waals surface area (Å²) in [5.74, 6) is -0.0871. The topological polar surface area (TPSA) is 84.9 Å². The maximum atomic E-state index is 11.9. The highest BCUT2D eigenvalue weighted by molar-refractivity contribution is 5.80. The largest absolute Gasteiger partial charge is 0.493 e. The fourth-order valence-electron chi connectivity index (χ4n) is 2.77. The van der Waals surface area contributed by atoms with Gasteiger partial charge in [-0.25, -0.2) is 9.59 Å². The Bertz CT molecular complexity index is 593. The van der Waals surface area contributed by atoms with E-state index in [4.69, 9.17) is 9.47 Å². The first kappa shape index (κ1) is 18.1. The highest BCUT2D eigenvalue weighted by atomic mass is 16.6. The molecule has 0 bridgehead atoms. The molecule has 1 aliphatic heterocycles. The van der Waals surface area contributed by atoms with Crippen molar-refractivity contribution in [3.05, 3.63) is 29.8 Å². The van der Waals surface area contributed by atoms with Crippen molar-refractivity contribution in [2.75, 3.05) is 6.61 Å². The number of ether oxygens (including phenoxy) is 2. The first-order valence-corrected chi connectivity index (χ1v) is 8.17. The number of carbonyl (C=O) groups excluding carboxylic acids is 1. The van der Waals surface area contributed by atoms with Crippen LogP contribution in [0.15, 0.2) is 24.3 Å². The number of aliphatic carboxylic acids is 1. The third kappa shape index (κ3) is 5.44. The molecule has 0 fully saturated rings. The van der Waals surface area contributed by atoms with E-state index in [1.807, 2.05) is 24.3 Å². The number of amides is 1. The average molecular weight is 335 g/mol. The molecule has 0 radical (unpaired) electrons. The minimum Gasteiger partial charge on any atom is -0.493 e. The summed E-state index contributed by atoms with van der Waals surface area (Å²) in [5, 5.41) is 11.9. The van der Waals surface area contributed by atoms with E-state index in [-0.39, 0.29) is 5.92 Å². The zero-order valence-corrected chi connectivity index (χ0v) is 14.4. The van der Waals surface area contributed by atoms with Gasteiger partial charge in [-0.2, -0.15) is 0 Å². The zero-order chi connectivity index (χ0) is 17.7. The lowest BCUT2D eigenvalue weighted by Gasteiger charge is -2.24. The van der Waals surface area contributed by atoms with E-state index in [1.54, 1.807) is 20.8 Å². The van der Waals surface area contributed by atoms with Crippen molar-refractivity contribution >= 4 is 12.1 Å². The quantitative estimate of drug-likeness (QED) is 0.883. The van der Waals surface area contributed by atoms with Gasteiger partial charge in [0.1, 0.15) is 17.4 Å². The third-order valence-corrected chi connectivity index (χ3v) is 3.82. The molecule has 0 spiro atoms. The SMILES string of the molecule is CC(C)(C)OC(=O)NC(C[C@@H]1CCOc2ccccc2C1)C(=O)O. The second-order valence-corrected chi connectivity index (χ2v) is 7.09. The Morgan fingerprint density at radius 2 is 2.08 bits per heavy atom. The molecule has 1 heterocycles. The molecule has 6 heteroatoms. The van der Waals surface area contributed by atoms with Gasteiger partial charge in [0.2, 0.25) is 0 Å². The van der Waals surface area contributed by atoms with Crippen LogP contribution in [0, 0.1) is 5.92 Å². The fraction of sp³-hybridized carbons (Fsp3) is 0.556. The first-order chi connectivity index (χ1) is 11.2. The van der Waals surface area contributed by atoms with Crippen molar-refractivity contribution in [2.24, 2.45) is 5.92 Å². The minimum absolute atomic E-state index is 0.115. The Morgan fingerprint density at radius 1 is 1.38 bits per heavy atom. The molecule has 0 aliphatic carbocycles. The number of rotatable bonds is 4. The molecule has 2 atom stereocenters. The van der Waals surface area contributed by atoms with Gasteiger partial charge in [-0.1, -0.05) is 18.2 Å². The maximum absolute atomic E-state index is 11.9. The molecule has 1 unspecified atom stereocenters. The Balaban J connectivity index is 2.00. The second-order valence-electron chi connectivity index (χ2n) is 7.09. The lowest BCUT2D eigenvalue weighted by molar-refractivity contribution is -0.140. The number of carboxylic acid groups (broad SMARTS) is 1. The molecule has 6 nitrogen and oxygen atoms in total. The summed E-state index contributed by atoms with van der Waals surface area (Å²) in [5.41, 5.74) is 0.406. The van der Waals surface area contributed by atoms with Crippen LogP contribution in [0.25, 0.3) is 0 Å². The van der Waals surface area contributed by atoms with E-state index in [0.29, 0.717) is 13.0 Å². The molecule has 0 aromatic heterocycles. The van der Waals surface area contributed by atoms with Crippen molar-refractivity contribution in [1.29, 1.82) is 0 Å². The van der Waals surface area contributed by atoms with Gasteiger partial charge in [-0.15, -0.1) is 0 Å². The Labute approximate surface area is 142 Å². The number of para-hydroxylation sites is 1. The van der Waals surface area contributed by atoms with Crippen molar-refractivity contribution in [1.82, 2.24) is 5.32 Å². The number of carbonyl (C=O) groups is 2. The molecular weight excluding hydrogens is 310 g/mol. The highest BCUT2D eigenvalue weighted by Crippen LogP contribution is 2.28. The summed E-state index contributed by atoms with van der Waals surface area (Å²) in [4.78, 5) is 23.4. The van der Waals surface area contributed by atoms with Gasteiger partial charge in [-0.05, 0) is 57.6 Å². The van der Waals surface area contributed by atoms with E-state index in [9.17, 15) is 14.7 Å². The molecule has 1 aromatic carbocycles. The van der Waals surface area contributed by atoms with Crippen molar-refractivity contribution in [3.63, 3.8) is 0 Å². The molecule has 1 aliphatic rings. The molecule has 24 heavy (non-hydrogen) atoms. The number of benzene rings is 1. The predicted octanol–water partition coefficient (Wildman–Crippen LogP) is 3.00. The van der Waals surface area contributed by atoms with Gasteiger partial charge in [0.25, 0.3) is 0 Å². The molecule has 2 N–H and O–H groups in total. The number of hydrogen-bond acceptors (Lipinski definition) is 4. The molecule has 2 rings (SSSR count). The lowest BCUT2D eigenvalue weighted by Crippen LogP contribution is -2.44. The highest BCUT2D eigenvalue weighted by Gasteiger charge is 2.28. The zero-order valence-electron chi connectivity index (χ0n) is 14.4. The second kappa shape index (κ2) is 7.55. The van der Waals surface area contributed by atoms with E-state index in [1.165, 1.54) is 0 Å². The smallest absolute Gasteiger partial charge is 0.408 e. The van der Waals surface area contributed by atoms with Crippen LogP contribution in [0.1, 0.15) is 39.2 Å². The molecule has 0 saturated heterocycles. The average Bonchev–Trinajstić information content (AvgIpc) is 2.66. The number of nitrogens with one attached hydrogen (secondary N) is 1. The number of alkyl carbamates (subject to hydrolysis) is 1. The maximum Gasteiger partial charge on any atom is 0.408 e. The van der Waals surface area contributed by atoms with Gasteiger partial charge in [0.05, 0.1) is 6.61 Å². The lowest BCUT2D eigenvalue weighted by atomic mass is 9.90. The number of fused-ring (bicyclic) bond motifs is 1. The van der Waals surface area contributed by atoms with Gasteiger partial charge >= 0.3 is 12.1 Å². The standard InChI is InChI=1S/C18H25NO5/c1-18(2,3)24-17(22)19-14(16(20)21)11-12-8-9-23-15-7-5-4-6-13(15)10-12/h4-7,12,14H,8-11H2,1-3H3,(H,19,22)(H,20,21)/t12-,14?/m1/s1. The first-order valence-electron chi connectivity index (χ1n) is 8.17. The fourth-order valence-corrected chi connectivity index (χ4v) is 2.77. The summed E-state index contributed by atoms with van der Waals surface area (Å²) in [6.07, 6.45) is 1.11. The van der Waals surface area contributed by atoms with Crippen molar-refractivity contribution in [2.45, 2.75) is 51.7 Å². The van der Waals surface area contributed by atoms with Gasteiger partial charge < -0.3 is 19.9 Å². The third-order valence-electron chi connectivity index (χ3n) is 3.82. The van der Waals surface area contributed by atoms with Crippen LogP contribution in [-0.4, -0.2) is 35.4 Å². The van der Waals surface area contributed by atoms with Crippen molar-refractivity contribution in [3.8, 4) is 5.75 Å². The van der Waals surface area contributed by atoms with Crippen LogP contribution in [0.2, 0.25) is 0 Å². The van der Waals surface area contributed by atoms with E-state index in [2.05, 4.69) is 5.32 Å². The van der Waals surface area contributed by atoms with Crippen molar-refractivity contribution < 1.29 is 24.2 Å². The molecular formula is C18H25NO5.